The summed E-state index contributed by atoms with van der Waals surface area (Å²) in [4.78, 5) is 12.3. The smallest absolute Gasteiger partial charge is 0.230 e. The zero-order valence-electron chi connectivity index (χ0n) is 13.5. The Kier molecular flexibility index (Phi) is 4.47. The molecule has 1 aliphatic rings. The van der Waals surface area contributed by atoms with Gasteiger partial charge in [0.2, 0.25) is 11.1 Å². The molecule has 0 atom stereocenters. The van der Waals surface area contributed by atoms with Crippen LogP contribution in [0.1, 0.15) is 11.1 Å². The zero-order chi connectivity index (χ0) is 17.1. The van der Waals surface area contributed by atoms with Crippen LogP contribution in [0.3, 0.4) is 0 Å². The highest BCUT2D eigenvalue weighted by Crippen LogP contribution is 2.22. The van der Waals surface area contributed by atoms with Gasteiger partial charge in [0.05, 0.1) is 11.4 Å². The lowest BCUT2D eigenvalue weighted by Crippen LogP contribution is -2.36. The lowest BCUT2D eigenvalue weighted by molar-refractivity contribution is -0.119. The molecule has 3 aromatic rings. The fraction of sp³-hybridized carbons (Fsp3) is 0.222. The van der Waals surface area contributed by atoms with E-state index < -0.39 is 0 Å². The molecule has 0 bridgehead atoms. The normalized spacial score (nSPS) is 13.6. The maximum Gasteiger partial charge on any atom is 0.230 e. The molecule has 1 amide bonds. The molecule has 7 heteroatoms. The van der Waals surface area contributed by atoms with E-state index in [4.69, 9.17) is 0 Å². The molecule has 0 aliphatic heterocycles. The van der Waals surface area contributed by atoms with E-state index in [1.54, 1.807) is 4.68 Å². The predicted octanol–water partition coefficient (Wildman–Crippen LogP) is 2.04. The Morgan fingerprint density at radius 2 is 1.76 bits per heavy atom. The quantitative estimate of drug-likeness (QED) is 0.712. The molecule has 0 radical (unpaired) electrons. The molecular weight excluding hydrogens is 334 g/mol. The van der Waals surface area contributed by atoms with Gasteiger partial charge in [-0.25, -0.2) is 0 Å². The number of rotatable bonds is 5. The molecule has 0 saturated carbocycles. The van der Waals surface area contributed by atoms with E-state index in [1.165, 1.54) is 22.9 Å². The first-order valence-electron chi connectivity index (χ1n) is 8.12. The number of tetrazole rings is 1. The lowest BCUT2D eigenvalue weighted by atomic mass is 10.1. The van der Waals surface area contributed by atoms with Crippen LogP contribution in [-0.4, -0.2) is 37.9 Å². The molecule has 6 nitrogen and oxygen atoms in total. The summed E-state index contributed by atoms with van der Waals surface area (Å²) in [7, 11) is 0. The van der Waals surface area contributed by atoms with Gasteiger partial charge in [-0.15, -0.1) is 5.10 Å². The number of para-hydroxylation sites is 1. The van der Waals surface area contributed by atoms with Crippen molar-refractivity contribution in [2.24, 2.45) is 0 Å². The van der Waals surface area contributed by atoms with Crippen LogP contribution in [0, 0.1) is 0 Å². The van der Waals surface area contributed by atoms with Crippen molar-refractivity contribution in [3.05, 3.63) is 65.7 Å². The van der Waals surface area contributed by atoms with E-state index in [-0.39, 0.29) is 11.9 Å². The summed E-state index contributed by atoms with van der Waals surface area (Å²) in [5.74, 6) is 0.297. The molecule has 1 aliphatic carbocycles. The number of carbonyl (C=O) groups excluding carboxylic acids is 1. The van der Waals surface area contributed by atoms with Gasteiger partial charge in [-0.05, 0) is 46.5 Å². The van der Waals surface area contributed by atoms with Crippen LogP contribution in [-0.2, 0) is 17.6 Å². The average Bonchev–Trinajstić information content (AvgIpc) is 3.26. The Hall–Kier alpha value is -2.67. The highest BCUT2D eigenvalue weighted by atomic mass is 32.2. The van der Waals surface area contributed by atoms with Gasteiger partial charge in [0.15, 0.2) is 0 Å². The summed E-state index contributed by atoms with van der Waals surface area (Å²) in [6.07, 6.45) is 1.79. The highest BCUT2D eigenvalue weighted by molar-refractivity contribution is 7.99. The summed E-state index contributed by atoms with van der Waals surface area (Å²) in [6.45, 7) is 0. The molecule has 0 saturated heterocycles. The number of hydrogen-bond acceptors (Lipinski definition) is 5. The molecule has 1 N–H and O–H groups in total. The van der Waals surface area contributed by atoms with Crippen molar-refractivity contribution in [2.75, 3.05) is 5.75 Å². The van der Waals surface area contributed by atoms with Crippen LogP contribution in [0.5, 0.6) is 0 Å². The molecule has 1 heterocycles. The van der Waals surface area contributed by atoms with Crippen LogP contribution < -0.4 is 5.32 Å². The number of benzene rings is 2. The van der Waals surface area contributed by atoms with Crippen LogP contribution in [0.15, 0.2) is 59.8 Å². The van der Waals surface area contributed by atoms with Crippen molar-refractivity contribution in [3.8, 4) is 5.69 Å². The molecule has 126 valence electrons. The summed E-state index contributed by atoms with van der Waals surface area (Å²) >= 11 is 1.34. The third kappa shape index (κ3) is 3.56. The summed E-state index contributed by atoms with van der Waals surface area (Å²) < 4.78 is 1.64. The van der Waals surface area contributed by atoms with Crippen molar-refractivity contribution in [1.82, 2.24) is 25.5 Å². The number of fused-ring (bicyclic) bond motifs is 1. The van der Waals surface area contributed by atoms with Crippen molar-refractivity contribution in [3.63, 3.8) is 0 Å². The SMILES string of the molecule is O=C(CSc1nnnn1-c1ccccc1)NC1Cc2ccccc2C1. The molecule has 2 aromatic carbocycles. The van der Waals surface area contributed by atoms with Crippen LogP contribution in [0.2, 0.25) is 0 Å². The van der Waals surface area contributed by atoms with Gasteiger partial charge in [0.1, 0.15) is 0 Å². The second-order valence-corrected chi connectivity index (χ2v) is 6.88. The Labute approximate surface area is 149 Å². The minimum Gasteiger partial charge on any atom is -0.352 e. The summed E-state index contributed by atoms with van der Waals surface area (Å²) in [5.41, 5.74) is 3.53. The molecule has 25 heavy (non-hydrogen) atoms. The Morgan fingerprint density at radius 3 is 2.48 bits per heavy atom. The van der Waals surface area contributed by atoms with Crippen LogP contribution in [0.4, 0.5) is 0 Å². The van der Waals surface area contributed by atoms with Crippen LogP contribution >= 0.6 is 11.8 Å². The molecular formula is C18H17N5OS. The average molecular weight is 351 g/mol. The minimum absolute atomic E-state index is 0.00502. The predicted molar refractivity (Wildman–Crippen MR) is 95.7 cm³/mol. The number of aromatic nitrogens is 4. The largest absolute Gasteiger partial charge is 0.352 e. The molecule has 0 fully saturated rings. The standard InChI is InChI=1S/C18H17N5OS/c24-17(19-15-10-13-6-4-5-7-14(13)11-15)12-25-18-20-21-22-23(18)16-8-2-1-3-9-16/h1-9,15H,10-12H2,(H,19,24). The maximum atomic E-state index is 12.3. The van der Waals surface area contributed by atoms with E-state index in [0.29, 0.717) is 10.9 Å². The number of thioether (sulfide) groups is 1. The number of nitrogens with zero attached hydrogens (tertiary/aromatic N) is 4. The third-order valence-electron chi connectivity index (χ3n) is 4.19. The fourth-order valence-electron chi connectivity index (χ4n) is 3.06. The lowest BCUT2D eigenvalue weighted by Gasteiger charge is -2.11. The first-order chi connectivity index (χ1) is 12.3. The summed E-state index contributed by atoms with van der Waals surface area (Å²) in [5, 5.41) is 15.4. The Bertz CT molecular complexity index is 855. The second-order valence-electron chi connectivity index (χ2n) is 5.94. The number of carbonyl (C=O) groups is 1. The van der Waals surface area contributed by atoms with E-state index in [1.807, 2.05) is 42.5 Å². The van der Waals surface area contributed by atoms with Crippen molar-refractivity contribution >= 4 is 17.7 Å². The van der Waals surface area contributed by atoms with Gasteiger partial charge in [0, 0.05) is 6.04 Å². The van der Waals surface area contributed by atoms with Gasteiger partial charge in [0.25, 0.3) is 0 Å². The van der Waals surface area contributed by atoms with Gasteiger partial charge in [-0.1, -0.05) is 54.2 Å². The summed E-state index contributed by atoms with van der Waals surface area (Å²) in [6, 6.07) is 18.2. The van der Waals surface area contributed by atoms with E-state index in [0.717, 1.165) is 18.5 Å². The van der Waals surface area contributed by atoms with E-state index in [9.17, 15) is 4.79 Å². The Balaban J connectivity index is 1.34. The van der Waals surface area contributed by atoms with Crippen molar-refractivity contribution in [2.45, 2.75) is 24.0 Å². The third-order valence-corrected chi connectivity index (χ3v) is 5.11. The van der Waals surface area contributed by atoms with Gasteiger partial charge >= 0.3 is 0 Å². The van der Waals surface area contributed by atoms with Crippen LogP contribution in [0.25, 0.3) is 5.69 Å². The number of amides is 1. The topological polar surface area (TPSA) is 72.7 Å². The zero-order valence-corrected chi connectivity index (χ0v) is 14.3. The number of hydrogen-bond donors (Lipinski definition) is 1. The highest BCUT2D eigenvalue weighted by Gasteiger charge is 2.22. The van der Waals surface area contributed by atoms with Gasteiger partial charge in [-0.2, -0.15) is 4.68 Å². The molecule has 0 spiro atoms. The first kappa shape index (κ1) is 15.8. The van der Waals surface area contributed by atoms with Gasteiger partial charge in [-0.3, -0.25) is 4.79 Å². The van der Waals surface area contributed by atoms with E-state index in [2.05, 4.69) is 33.0 Å². The van der Waals surface area contributed by atoms with Gasteiger partial charge < -0.3 is 5.32 Å². The number of nitrogens with one attached hydrogen (secondary N) is 1. The minimum atomic E-state index is 0.00502. The fourth-order valence-corrected chi connectivity index (χ4v) is 3.76. The monoisotopic (exact) mass is 351 g/mol. The van der Waals surface area contributed by atoms with Crippen molar-refractivity contribution < 1.29 is 4.79 Å². The molecule has 4 rings (SSSR count). The van der Waals surface area contributed by atoms with Crippen molar-refractivity contribution in [1.29, 1.82) is 0 Å². The van der Waals surface area contributed by atoms with E-state index >= 15 is 0 Å². The first-order valence-corrected chi connectivity index (χ1v) is 9.11. The molecule has 0 unspecified atom stereocenters. The second kappa shape index (κ2) is 7.06. The maximum absolute atomic E-state index is 12.3. The molecule has 1 aromatic heterocycles. The Morgan fingerprint density at radius 1 is 1.08 bits per heavy atom.